The van der Waals surface area contributed by atoms with Gasteiger partial charge in [0, 0.05) is 48.7 Å². The summed E-state index contributed by atoms with van der Waals surface area (Å²) < 4.78 is 2.47. The van der Waals surface area contributed by atoms with E-state index in [4.69, 9.17) is 0 Å². The summed E-state index contributed by atoms with van der Waals surface area (Å²) in [5, 5.41) is 2.53. The van der Waals surface area contributed by atoms with Crippen molar-refractivity contribution >= 4 is 50.6 Å². The molecule has 0 fully saturated rings. The van der Waals surface area contributed by atoms with Crippen molar-refractivity contribution in [1.82, 2.24) is 4.57 Å². The standard InChI is InChI=1S/C58H40N2S/c1-57(2)47-22-10-6-18-41(47)44-33-32-40(34-51(44)57)59(37-16-4-3-5-17-37)38-28-30-39(31-29-38)60-53-26-14-9-21-45(53)46-35-52-56(36-54(46)60)61-55-27-15-13-25-50(55)58(52)48-23-11-7-19-42(48)43-20-8-12-24-49(43)58/h3-36H,1-2H3. The second-order valence-corrected chi connectivity index (χ2v) is 18.3. The SMILES string of the molecule is CC1(C)c2ccccc2-c2ccc(N(c3ccccc3)c3ccc(-n4c5ccccc5c5cc6c(cc54)Sc4ccccc4C64c5ccccc5-c5ccccc54)cc3)cc21. The largest absolute Gasteiger partial charge is 0.310 e. The maximum Gasteiger partial charge on any atom is 0.0735 e. The first-order valence-corrected chi connectivity index (χ1v) is 22.1. The van der Waals surface area contributed by atoms with Crippen molar-refractivity contribution in [2.75, 3.05) is 4.90 Å². The summed E-state index contributed by atoms with van der Waals surface area (Å²) in [7, 11) is 0. The average molecular weight is 797 g/mol. The Morgan fingerprint density at radius 1 is 0.377 bits per heavy atom. The van der Waals surface area contributed by atoms with Crippen LogP contribution in [0, 0.1) is 0 Å². The maximum absolute atomic E-state index is 2.53. The van der Waals surface area contributed by atoms with Gasteiger partial charge in [-0.25, -0.2) is 0 Å². The van der Waals surface area contributed by atoms with E-state index in [1.807, 2.05) is 11.8 Å². The van der Waals surface area contributed by atoms with Gasteiger partial charge in [-0.05, 0) is 128 Å². The number of hydrogen-bond acceptors (Lipinski definition) is 2. The van der Waals surface area contributed by atoms with E-state index in [0.29, 0.717) is 0 Å². The van der Waals surface area contributed by atoms with Gasteiger partial charge in [0.1, 0.15) is 0 Å². The Bertz CT molecular complexity index is 3380. The number of nitrogens with zero attached hydrogens (tertiary/aromatic N) is 2. The molecular formula is C58H40N2S. The predicted octanol–water partition coefficient (Wildman–Crippen LogP) is 15.4. The number of rotatable bonds is 4. The first-order valence-electron chi connectivity index (χ1n) is 21.3. The highest BCUT2D eigenvalue weighted by atomic mass is 32.2. The van der Waals surface area contributed by atoms with Gasteiger partial charge < -0.3 is 9.47 Å². The number of fused-ring (bicyclic) bond motifs is 15. The van der Waals surface area contributed by atoms with Gasteiger partial charge in [-0.1, -0.05) is 159 Å². The minimum atomic E-state index is -0.417. The molecule has 0 bridgehead atoms. The molecule has 3 heteroatoms. The third-order valence-corrected chi connectivity index (χ3v) is 15.0. The lowest BCUT2D eigenvalue weighted by Crippen LogP contribution is -2.31. The molecule has 13 rings (SSSR count). The topological polar surface area (TPSA) is 8.17 Å². The van der Waals surface area contributed by atoms with Gasteiger partial charge in [0.15, 0.2) is 0 Å². The highest BCUT2D eigenvalue weighted by Crippen LogP contribution is 2.63. The van der Waals surface area contributed by atoms with Crippen LogP contribution >= 0.6 is 11.8 Å². The number of hydrogen-bond donors (Lipinski definition) is 0. The first-order chi connectivity index (χ1) is 30.0. The fraction of sp³-hybridized carbons (Fsp3) is 0.0690. The lowest BCUT2D eigenvalue weighted by atomic mass is 9.67. The Morgan fingerprint density at radius 3 is 1.67 bits per heavy atom. The monoisotopic (exact) mass is 796 g/mol. The molecule has 0 saturated heterocycles. The zero-order valence-electron chi connectivity index (χ0n) is 33.9. The highest BCUT2D eigenvalue weighted by Gasteiger charge is 2.50. The minimum absolute atomic E-state index is 0.0889. The predicted molar refractivity (Wildman–Crippen MR) is 254 cm³/mol. The van der Waals surface area contributed by atoms with E-state index in [2.05, 4.69) is 230 Å². The van der Waals surface area contributed by atoms with E-state index in [9.17, 15) is 0 Å². The molecule has 9 aromatic carbocycles. The maximum atomic E-state index is 2.53. The van der Waals surface area contributed by atoms with Gasteiger partial charge in [-0.15, -0.1) is 0 Å². The van der Waals surface area contributed by atoms with Gasteiger partial charge in [0.05, 0.1) is 16.4 Å². The molecule has 2 nitrogen and oxygen atoms in total. The van der Waals surface area contributed by atoms with Crippen LogP contribution in [0.3, 0.4) is 0 Å². The molecule has 1 aliphatic heterocycles. The van der Waals surface area contributed by atoms with E-state index >= 15 is 0 Å². The summed E-state index contributed by atoms with van der Waals surface area (Å²) in [5.74, 6) is 0. The smallest absolute Gasteiger partial charge is 0.0735 e. The number of anilines is 3. The molecule has 0 amide bonds. The molecule has 288 valence electrons. The molecular weight excluding hydrogens is 757 g/mol. The van der Waals surface area contributed by atoms with Crippen LogP contribution in [0.25, 0.3) is 49.7 Å². The van der Waals surface area contributed by atoms with Crippen LogP contribution in [-0.2, 0) is 10.8 Å². The van der Waals surface area contributed by atoms with Crippen molar-refractivity contribution in [3.63, 3.8) is 0 Å². The van der Waals surface area contributed by atoms with Gasteiger partial charge in [0.25, 0.3) is 0 Å². The van der Waals surface area contributed by atoms with Crippen molar-refractivity contribution in [3.05, 3.63) is 240 Å². The quantitative estimate of drug-likeness (QED) is 0.175. The van der Waals surface area contributed by atoms with Crippen LogP contribution in [0.15, 0.2) is 216 Å². The fourth-order valence-corrected chi connectivity index (χ4v) is 12.4. The van der Waals surface area contributed by atoms with Crippen molar-refractivity contribution < 1.29 is 0 Å². The summed E-state index contributed by atoms with van der Waals surface area (Å²) in [6.07, 6.45) is 0. The number of para-hydroxylation sites is 2. The molecule has 3 aliphatic rings. The molecule has 2 aliphatic carbocycles. The fourth-order valence-electron chi connectivity index (χ4n) is 11.2. The number of aromatic nitrogens is 1. The zero-order valence-corrected chi connectivity index (χ0v) is 34.7. The van der Waals surface area contributed by atoms with E-state index in [0.717, 1.165) is 22.7 Å². The Labute approximate surface area is 360 Å². The van der Waals surface area contributed by atoms with Crippen LogP contribution < -0.4 is 4.90 Å². The van der Waals surface area contributed by atoms with Gasteiger partial charge in [0.2, 0.25) is 0 Å². The van der Waals surface area contributed by atoms with Crippen molar-refractivity contribution in [1.29, 1.82) is 0 Å². The zero-order chi connectivity index (χ0) is 40.5. The Morgan fingerprint density at radius 2 is 0.934 bits per heavy atom. The summed E-state index contributed by atoms with van der Waals surface area (Å²) in [6, 6.07) is 77.0. The second kappa shape index (κ2) is 12.7. The lowest BCUT2D eigenvalue weighted by molar-refractivity contribution is 0.660. The molecule has 61 heavy (non-hydrogen) atoms. The molecule has 0 saturated carbocycles. The van der Waals surface area contributed by atoms with Crippen molar-refractivity contribution in [2.24, 2.45) is 0 Å². The van der Waals surface area contributed by atoms with Crippen molar-refractivity contribution in [3.8, 4) is 27.9 Å². The van der Waals surface area contributed by atoms with E-state index in [-0.39, 0.29) is 5.41 Å². The molecule has 0 atom stereocenters. The van der Waals surface area contributed by atoms with E-state index in [1.165, 1.54) is 87.2 Å². The van der Waals surface area contributed by atoms with E-state index < -0.39 is 5.41 Å². The van der Waals surface area contributed by atoms with Crippen LogP contribution in [-0.4, -0.2) is 4.57 Å². The summed E-state index contributed by atoms with van der Waals surface area (Å²) in [5.41, 5.74) is 20.0. The van der Waals surface area contributed by atoms with E-state index in [1.54, 1.807) is 0 Å². The Hall–Kier alpha value is -7.07. The summed E-state index contributed by atoms with van der Waals surface area (Å²) in [4.78, 5) is 5.01. The third kappa shape index (κ3) is 4.70. The first kappa shape index (κ1) is 34.8. The van der Waals surface area contributed by atoms with Crippen LogP contribution in [0.2, 0.25) is 0 Å². The average Bonchev–Trinajstić information content (AvgIpc) is 3.87. The van der Waals surface area contributed by atoms with Crippen molar-refractivity contribution in [2.45, 2.75) is 34.5 Å². The molecule has 0 N–H and O–H groups in total. The molecule has 0 radical (unpaired) electrons. The second-order valence-electron chi connectivity index (χ2n) is 17.2. The van der Waals surface area contributed by atoms with Gasteiger partial charge in [-0.3, -0.25) is 0 Å². The van der Waals surface area contributed by atoms with Crippen LogP contribution in [0.1, 0.15) is 47.2 Å². The summed E-state index contributed by atoms with van der Waals surface area (Å²) >= 11 is 1.91. The van der Waals surface area contributed by atoms with Gasteiger partial charge in [-0.2, -0.15) is 0 Å². The summed E-state index contributed by atoms with van der Waals surface area (Å²) in [6.45, 7) is 4.71. The molecule has 0 unspecified atom stereocenters. The Balaban J connectivity index is 0.989. The molecule has 1 spiro atoms. The Kier molecular flexibility index (Phi) is 7.25. The normalized spacial score (nSPS) is 14.6. The molecule has 2 heterocycles. The minimum Gasteiger partial charge on any atom is -0.310 e. The molecule has 1 aromatic heterocycles. The number of benzene rings is 9. The molecule has 10 aromatic rings. The van der Waals surface area contributed by atoms with Gasteiger partial charge >= 0.3 is 0 Å². The van der Waals surface area contributed by atoms with Crippen LogP contribution in [0.4, 0.5) is 17.1 Å². The van der Waals surface area contributed by atoms with Crippen LogP contribution in [0.5, 0.6) is 0 Å². The third-order valence-electron chi connectivity index (χ3n) is 13.8. The highest BCUT2D eigenvalue weighted by molar-refractivity contribution is 7.99. The lowest BCUT2D eigenvalue weighted by Gasteiger charge is -2.39.